The third-order valence-corrected chi connectivity index (χ3v) is 3.68. The SMILES string of the molecule is O=C(O)C1CC1CN1CCc2ccccc21. The fourth-order valence-electron chi connectivity index (χ4n) is 2.63. The summed E-state index contributed by atoms with van der Waals surface area (Å²) in [6, 6.07) is 8.43. The minimum Gasteiger partial charge on any atom is -0.481 e. The molecule has 1 aliphatic heterocycles. The molecule has 0 aromatic heterocycles. The lowest BCUT2D eigenvalue weighted by Gasteiger charge is -2.18. The van der Waals surface area contributed by atoms with Crippen molar-refractivity contribution in [2.24, 2.45) is 11.8 Å². The molecule has 84 valence electrons. The molecule has 1 fully saturated rings. The minimum absolute atomic E-state index is 0.0900. The molecule has 1 aliphatic carbocycles. The van der Waals surface area contributed by atoms with E-state index in [-0.39, 0.29) is 5.92 Å². The van der Waals surface area contributed by atoms with Crippen molar-refractivity contribution in [3.05, 3.63) is 29.8 Å². The maximum Gasteiger partial charge on any atom is 0.306 e. The highest BCUT2D eigenvalue weighted by Crippen LogP contribution is 2.41. The number of carboxylic acid groups (broad SMARTS) is 1. The summed E-state index contributed by atoms with van der Waals surface area (Å²) in [5, 5.41) is 8.87. The Hall–Kier alpha value is -1.51. The van der Waals surface area contributed by atoms with Crippen LogP contribution in [-0.2, 0) is 11.2 Å². The van der Waals surface area contributed by atoms with Gasteiger partial charge in [0, 0.05) is 18.8 Å². The lowest BCUT2D eigenvalue weighted by Crippen LogP contribution is -2.24. The van der Waals surface area contributed by atoms with Crippen LogP contribution in [0.15, 0.2) is 24.3 Å². The highest BCUT2D eigenvalue weighted by Gasteiger charge is 2.44. The van der Waals surface area contributed by atoms with Crippen LogP contribution in [0.3, 0.4) is 0 Å². The number of rotatable bonds is 3. The fourth-order valence-corrected chi connectivity index (χ4v) is 2.63. The van der Waals surface area contributed by atoms with E-state index in [9.17, 15) is 4.79 Å². The predicted octanol–water partition coefficient (Wildman–Crippen LogP) is 1.77. The standard InChI is InChI=1S/C13H15NO2/c15-13(16)11-7-10(11)8-14-6-5-9-3-1-2-4-12(9)14/h1-4,10-11H,5-8H2,(H,15,16). The molecular weight excluding hydrogens is 202 g/mol. The van der Waals surface area contributed by atoms with Crippen LogP contribution in [0.5, 0.6) is 0 Å². The maximum atomic E-state index is 10.8. The minimum atomic E-state index is -0.627. The van der Waals surface area contributed by atoms with Gasteiger partial charge in [0.05, 0.1) is 5.92 Å². The Morgan fingerprint density at radius 1 is 1.44 bits per heavy atom. The number of benzene rings is 1. The highest BCUT2D eigenvalue weighted by atomic mass is 16.4. The van der Waals surface area contributed by atoms with Crippen molar-refractivity contribution in [3.8, 4) is 0 Å². The molecule has 3 nitrogen and oxygen atoms in total. The van der Waals surface area contributed by atoms with Gasteiger partial charge < -0.3 is 10.0 Å². The average molecular weight is 217 g/mol. The third kappa shape index (κ3) is 1.56. The van der Waals surface area contributed by atoms with E-state index in [1.54, 1.807) is 0 Å². The molecule has 0 saturated heterocycles. The first-order chi connectivity index (χ1) is 7.75. The van der Waals surface area contributed by atoms with E-state index in [0.717, 1.165) is 25.9 Å². The van der Waals surface area contributed by atoms with Gasteiger partial charge >= 0.3 is 5.97 Å². The van der Waals surface area contributed by atoms with Gasteiger partial charge in [0.2, 0.25) is 0 Å². The zero-order valence-corrected chi connectivity index (χ0v) is 9.10. The Balaban J connectivity index is 1.68. The molecule has 1 N–H and O–H groups in total. The zero-order chi connectivity index (χ0) is 11.1. The van der Waals surface area contributed by atoms with E-state index in [1.807, 2.05) is 0 Å². The summed E-state index contributed by atoms with van der Waals surface area (Å²) in [5.41, 5.74) is 2.70. The molecule has 2 aliphatic rings. The van der Waals surface area contributed by atoms with E-state index >= 15 is 0 Å². The lowest BCUT2D eigenvalue weighted by atomic mass is 10.2. The summed E-state index contributed by atoms with van der Waals surface area (Å²) in [5.74, 6) is -0.353. The number of carbonyl (C=O) groups is 1. The van der Waals surface area contributed by atoms with Gasteiger partial charge in [-0.05, 0) is 30.4 Å². The van der Waals surface area contributed by atoms with Gasteiger partial charge in [-0.3, -0.25) is 4.79 Å². The molecule has 0 bridgehead atoms. The Morgan fingerprint density at radius 2 is 2.25 bits per heavy atom. The van der Waals surface area contributed by atoms with Crippen LogP contribution in [-0.4, -0.2) is 24.2 Å². The summed E-state index contributed by atoms with van der Waals surface area (Å²) in [6.45, 7) is 1.95. The smallest absolute Gasteiger partial charge is 0.306 e. The summed E-state index contributed by atoms with van der Waals surface area (Å²) in [6.07, 6.45) is 1.95. The number of anilines is 1. The Labute approximate surface area is 94.7 Å². The molecule has 0 radical (unpaired) electrons. The average Bonchev–Trinajstić information content (AvgIpc) is 2.93. The molecule has 1 saturated carbocycles. The first-order valence-corrected chi connectivity index (χ1v) is 5.81. The molecule has 1 heterocycles. The molecule has 2 unspecified atom stereocenters. The first kappa shape index (κ1) is 9.70. The van der Waals surface area contributed by atoms with Crippen molar-refractivity contribution in [2.75, 3.05) is 18.0 Å². The molecule has 0 spiro atoms. The molecule has 1 aromatic rings. The van der Waals surface area contributed by atoms with Crippen LogP contribution in [0.25, 0.3) is 0 Å². The third-order valence-electron chi connectivity index (χ3n) is 3.68. The van der Waals surface area contributed by atoms with Gasteiger partial charge in [0.25, 0.3) is 0 Å². The van der Waals surface area contributed by atoms with Crippen molar-refractivity contribution >= 4 is 11.7 Å². The van der Waals surface area contributed by atoms with Gasteiger partial charge in [0.15, 0.2) is 0 Å². The molecule has 1 aromatic carbocycles. The van der Waals surface area contributed by atoms with Gasteiger partial charge in [-0.15, -0.1) is 0 Å². The van der Waals surface area contributed by atoms with E-state index in [4.69, 9.17) is 5.11 Å². The van der Waals surface area contributed by atoms with Crippen molar-refractivity contribution in [2.45, 2.75) is 12.8 Å². The van der Waals surface area contributed by atoms with Crippen LogP contribution in [0.2, 0.25) is 0 Å². The van der Waals surface area contributed by atoms with Crippen LogP contribution in [0.4, 0.5) is 5.69 Å². The second-order valence-electron chi connectivity index (χ2n) is 4.77. The number of hydrogen-bond acceptors (Lipinski definition) is 2. The van der Waals surface area contributed by atoms with E-state index in [2.05, 4.69) is 29.2 Å². The monoisotopic (exact) mass is 217 g/mol. The second-order valence-corrected chi connectivity index (χ2v) is 4.77. The van der Waals surface area contributed by atoms with E-state index in [0.29, 0.717) is 5.92 Å². The van der Waals surface area contributed by atoms with E-state index in [1.165, 1.54) is 11.3 Å². The second kappa shape index (κ2) is 3.51. The van der Waals surface area contributed by atoms with Crippen molar-refractivity contribution < 1.29 is 9.90 Å². The molecular formula is C13H15NO2. The first-order valence-electron chi connectivity index (χ1n) is 5.81. The van der Waals surface area contributed by atoms with Crippen molar-refractivity contribution in [1.82, 2.24) is 0 Å². The van der Waals surface area contributed by atoms with Crippen LogP contribution in [0.1, 0.15) is 12.0 Å². The van der Waals surface area contributed by atoms with E-state index < -0.39 is 5.97 Å². The summed E-state index contributed by atoms with van der Waals surface area (Å²) < 4.78 is 0. The lowest BCUT2D eigenvalue weighted by molar-refractivity contribution is -0.138. The van der Waals surface area contributed by atoms with Crippen LogP contribution in [0, 0.1) is 11.8 Å². The summed E-state index contributed by atoms with van der Waals surface area (Å²) in [4.78, 5) is 13.1. The number of carboxylic acids is 1. The zero-order valence-electron chi connectivity index (χ0n) is 9.10. The van der Waals surface area contributed by atoms with Gasteiger partial charge in [-0.25, -0.2) is 0 Å². The number of fused-ring (bicyclic) bond motifs is 1. The molecule has 3 rings (SSSR count). The summed E-state index contributed by atoms with van der Waals surface area (Å²) in [7, 11) is 0. The number of aliphatic carboxylic acids is 1. The van der Waals surface area contributed by atoms with Crippen molar-refractivity contribution in [3.63, 3.8) is 0 Å². The fraction of sp³-hybridized carbons (Fsp3) is 0.462. The number of nitrogens with zero attached hydrogens (tertiary/aromatic N) is 1. The Kier molecular flexibility index (Phi) is 2.13. The van der Waals surface area contributed by atoms with Crippen molar-refractivity contribution in [1.29, 1.82) is 0 Å². The molecule has 3 heteroatoms. The Morgan fingerprint density at radius 3 is 3.00 bits per heavy atom. The quantitative estimate of drug-likeness (QED) is 0.838. The topological polar surface area (TPSA) is 40.5 Å². The predicted molar refractivity (Wildman–Crippen MR) is 61.6 cm³/mol. The summed E-state index contributed by atoms with van der Waals surface area (Å²) >= 11 is 0. The largest absolute Gasteiger partial charge is 0.481 e. The Bertz CT molecular complexity index is 430. The normalized spacial score (nSPS) is 26.6. The number of para-hydroxylation sites is 1. The molecule has 2 atom stereocenters. The van der Waals surface area contributed by atoms with Crippen LogP contribution < -0.4 is 4.90 Å². The number of hydrogen-bond donors (Lipinski definition) is 1. The van der Waals surface area contributed by atoms with Gasteiger partial charge in [-0.2, -0.15) is 0 Å². The van der Waals surface area contributed by atoms with Crippen LogP contribution >= 0.6 is 0 Å². The van der Waals surface area contributed by atoms with Gasteiger partial charge in [0.1, 0.15) is 0 Å². The highest BCUT2D eigenvalue weighted by molar-refractivity contribution is 5.73. The molecule has 0 amide bonds. The molecule has 16 heavy (non-hydrogen) atoms. The maximum absolute atomic E-state index is 10.8. The van der Waals surface area contributed by atoms with Gasteiger partial charge in [-0.1, -0.05) is 18.2 Å².